The highest BCUT2D eigenvalue weighted by Crippen LogP contribution is 2.31. The molecule has 8 nitrogen and oxygen atoms in total. The summed E-state index contributed by atoms with van der Waals surface area (Å²) in [6, 6.07) is 8.79. The van der Waals surface area contributed by atoms with Crippen molar-refractivity contribution < 1.29 is 17.9 Å². The van der Waals surface area contributed by atoms with Gasteiger partial charge in [0.25, 0.3) is 10.0 Å². The van der Waals surface area contributed by atoms with Gasteiger partial charge in [0, 0.05) is 19.8 Å². The van der Waals surface area contributed by atoms with Gasteiger partial charge in [0.05, 0.1) is 22.7 Å². The largest absolute Gasteiger partial charge is 0.495 e. The summed E-state index contributed by atoms with van der Waals surface area (Å²) in [6.45, 7) is 1.65. The summed E-state index contributed by atoms with van der Waals surface area (Å²) in [4.78, 5) is 11.8. The van der Waals surface area contributed by atoms with E-state index in [1.165, 1.54) is 24.3 Å². The van der Waals surface area contributed by atoms with E-state index in [0.29, 0.717) is 22.7 Å². The fraction of sp³-hybridized carbons (Fsp3) is 0.235. The lowest BCUT2D eigenvalue weighted by atomic mass is 10.2. The van der Waals surface area contributed by atoms with E-state index >= 15 is 0 Å². The zero-order valence-corrected chi connectivity index (χ0v) is 16.9. The second-order valence-electron chi connectivity index (χ2n) is 5.90. The average Bonchev–Trinajstić information content (AvgIpc) is 2.55. The van der Waals surface area contributed by atoms with Gasteiger partial charge in [0.15, 0.2) is 0 Å². The molecule has 0 unspecified atom stereocenters. The molecule has 2 amide bonds. The van der Waals surface area contributed by atoms with Crippen LogP contribution >= 0.6 is 11.6 Å². The van der Waals surface area contributed by atoms with Crippen LogP contribution in [0.25, 0.3) is 0 Å². The molecule has 0 fully saturated rings. The SMILES string of the molecule is COc1cc(C)c(S(=O)(=O)Nc2cccc(NC(=O)NN(C)C)c2)cc1Cl. The van der Waals surface area contributed by atoms with Crippen LogP contribution in [0.1, 0.15) is 5.56 Å². The third kappa shape index (κ3) is 5.49. The molecule has 0 aliphatic carbocycles. The third-order valence-electron chi connectivity index (χ3n) is 3.44. The number of aryl methyl sites for hydroxylation is 1. The Morgan fingerprint density at radius 2 is 1.81 bits per heavy atom. The van der Waals surface area contributed by atoms with Gasteiger partial charge in [-0.25, -0.2) is 18.2 Å². The molecule has 0 atom stereocenters. The maximum atomic E-state index is 12.7. The molecule has 0 aliphatic heterocycles. The maximum Gasteiger partial charge on any atom is 0.333 e. The predicted molar refractivity (Wildman–Crippen MR) is 106 cm³/mol. The van der Waals surface area contributed by atoms with E-state index in [9.17, 15) is 13.2 Å². The summed E-state index contributed by atoms with van der Waals surface area (Å²) >= 11 is 6.06. The standard InChI is InChI=1S/C17H21ClN4O4S/c1-11-8-15(26-4)14(18)10-16(11)27(24,25)21-13-7-5-6-12(9-13)19-17(23)20-22(2)3/h5-10,21H,1-4H3,(H2,19,20,23). The highest BCUT2D eigenvalue weighted by molar-refractivity contribution is 7.92. The zero-order valence-electron chi connectivity index (χ0n) is 15.3. The number of nitrogens with one attached hydrogen (secondary N) is 3. The van der Waals surface area contributed by atoms with Crippen molar-refractivity contribution in [2.24, 2.45) is 0 Å². The number of anilines is 2. The Morgan fingerprint density at radius 3 is 2.44 bits per heavy atom. The summed E-state index contributed by atoms with van der Waals surface area (Å²) in [6.07, 6.45) is 0. The second kappa shape index (κ2) is 8.47. The van der Waals surface area contributed by atoms with Crippen LogP contribution in [0.5, 0.6) is 5.75 Å². The minimum atomic E-state index is -3.88. The summed E-state index contributed by atoms with van der Waals surface area (Å²) < 4.78 is 33.1. The number of benzene rings is 2. The smallest absolute Gasteiger partial charge is 0.333 e. The maximum absolute atomic E-state index is 12.7. The van der Waals surface area contributed by atoms with Crippen molar-refractivity contribution in [3.8, 4) is 5.75 Å². The van der Waals surface area contributed by atoms with Crippen LogP contribution in [0.4, 0.5) is 16.2 Å². The number of nitrogens with zero attached hydrogens (tertiary/aromatic N) is 1. The van der Waals surface area contributed by atoms with Crippen molar-refractivity contribution in [2.45, 2.75) is 11.8 Å². The van der Waals surface area contributed by atoms with Crippen LogP contribution in [-0.4, -0.2) is 40.7 Å². The van der Waals surface area contributed by atoms with Gasteiger partial charge in [0.1, 0.15) is 5.75 Å². The molecule has 0 spiro atoms. The number of halogens is 1. The molecule has 2 aromatic rings. The lowest BCUT2D eigenvalue weighted by molar-refractivity contribution is 0.224. The molecule has 0 radical (unpaired) electrons. The van der Waals surface area contributed by atoms with Gasteiger partial charge in [-0.2, -0.15) is 0 Å². The van der Waals surface area contributed by atoms with E-state index in [2.05, 4.69) is 15.5 Å². The van der Waals surface area contributed by atoms with Gasteiger partial charge in [-0.15, -0.1) is 0 Å². The van der Waals surface area contributed by atoms with Crippen LogP contribution < -0.4 is 20.2 Å². The molecule has 2 aromatic carbocycles. The number of urea groups is 1. The molecule has 0 bridgehead atoms. The molecular formula is C17H21ClN4O4S. The van der Waals surface area contributed by atoms with E-state index in [1.54, 1.807) is 45.3 Å². The first-order valence-electron chi connectivity index (χ1n) is 7.84. The summed E-state index contributed by atoms with van der Waals surface area (Å²) in [5.41, 5.74) is 3.74. The number of carbonyl (C=O) groups excluding carboxylic acids is 1. The number of amides is 2. The monoisotopic (exact) mass is 412 g/mol. The summed E-state index contributed by atoms with van der Waals surface area (Å²) in [5, 5.41) is 4.29. The first-order valence-corrected chi connectivity index (χ1v) is 9.70. The molecule has 10 heteroatoms. The van der Waals surface area contributed by atoms with E-state index in [4.69, 9.17) is 16.3 Å². The molecule has 0 aliphatic rings. The molecule has 0 saturated carbocycles. The lowest BCUT2D eigenvalue weighted by Crippen LogP contribution is -2.39. The minimum Gasteiger partial charge on any atom is -0.495 e. The van der Waals surface area contributed by atoms with Crippen LogP contribution in [0.15, 0.2) is 41.3 Å². The van der Waals surface area contributed by atoms with Crippen LogP contribution in [0.2, 0.25) is 5.02 Å². The topological polar surface area (TPSA) is 99.8 Å². The van der Waals surface area contributed by atoms with Gasteiger partial charge in [-0.05, 0) is 42.8 Å². The van der Waals surface area contributed by atoms with Crippen molar-refractivity contribution in [2.75, 3.05) is 31.2 Å². The Hall–Kier alpha value is -2.49. The molecule has 0 aromatic heterocycles. The Morgan fingerprint density at radius 1 is 1.15 bits per heavy atom. The number of methoxy groups -OCH3 is 1. The average molecular weight is 413 g/mol. The first-order chi connectivity index (χ1) is 12.6. The molecule has 3 N–H and O–H groups in total. The Balaban J connectivity index is 2.25. The number of hydrogen-bond donors (Lipinski definition) is 3. The normalized spacial score (nSPS) is 11.2. The van der Waals surface area contributed by atoms with Crippen molar-refractivity contribution in [3.05, 3.63) is 47.0 Å². The third-order valence-corrected chi connectivity index (χ3v) is 5.26. The van der Waals surface area contributed by atoms with Crippen molar-refractivity contribution >= 4 is 39.0 Å². The Bertz CT molecular complexity index is 948. The molecule has 0 saturated heterocycles. The molecule has 146 valence electrons. The first kappa shape index (κ1) is 20.8. The van der Waals surface area contributed by atoms with Gasteiger partial charge >= 0.3 is 6.03 Å². The van der Waals surface area contributed by atoms with E-state index in [1.807, 2.05) is 0 Å². The van der Waals surface area contributed by atoms with Crippen LogP contribution in [0.3, 0.4) is 0 Å². The van der Waals surface area contributed by atoms with Crippen LogP contribution in [-0.2, 0) is 10.0 Å². The number of sulfonamides is 1. The zero-order chi connectivity index (χ0) is 20.2. The van der Waals surface area contributed by atoms with Gasteiger partial charge in [0.2, 0.25) is 0 Å². The lowest BCUT2D eigenvalue weighted by Gasteiger charge is -2.15. The molecule has 0 heterocycles. The quantitative estimate of drug-likeness (QED) is 0.633. The van der Waals surface area contributed by atoms with E-state index < -0.39 is 16.1 Å². The van der Waals surface area contributed by atoms with Gasteiger partial charge < -0.3 is 10.1 Å². The van der Waals surface area contributed by atoms with Crippen molar-refractivity contribution in [1.29, 1.82) is 0 Å². The highest BCUT2D eigenvalue weighted by Gasteiger charge is 2.20. The Labute approximate surface area is 163 Å². The van der Waals surface area contributed by atoms with Crippen LogP contribution in [0, 0.1) is 6.92 Å². The number of ether oxygens (including phenoxy) is 1. The van der Waals surface area contributed by atoms with E-state index in [-0.39, 0.29) is 9.92 Å². The minimum absolute atomic E-state index is 0.0389. The van der Waals surface area contributed by atoms with Crippen molar-refractivity contribution in [1.82, 2.24) is 10.4 Å². The number of hydrogen-bond acceptors (Lipinski definition) is 5. The Kier molecular flexibility index (Phi) is 6.53. The fourth-order valence-electron chi connectivity index (χ4n) is 2.32. The summed E-state index contributed by atoms with van der Waals surface area (Å²) in [5.74, 6) is 0.395. The van der Waals surface area contributed by atoms with Crippen molar-refractivity contribution in [3.63, 3.8) is 0 Å². The number of rotatable bonds is 6. The molecular weight excluding hydrogens is 392 g/mol. The highest BCUT2D eigenvalue weighted by atomic mass is 35.5. The molecule has 27 heavy (non-hydrogen) atoms. The number of hydrazine groups is 1. The predicted octanol–water partition coefficient (Wildman–Crippen LogP) is 3.06. The summed E-state index contributed by atoms with van der Waals surface area (Å²) in [7, 11) is 0.920. The van der Waals surface area contributed by atoms with Gasteiger partial charge in [-0.1, -0.05) is 17.7 Å². The fourth-order valence-corrected chi connectivity index (χ4v) is 3.92. The van der Waals surface area contributed by atoms with Gasteiger partial charge in [-0.3, -0.25) is 10.1 Å². The number of carbonyl (C=O) groups is 1. The second-order valence-corrected chi connectivity index (χ2v) is 7.96. The van der Waals surface area contributed by atoms with E-state index in [0.717, 1.165) is 0 Å². The molecule has 2 rings (SSSR count).